The van der Waals surface area contributed by atoms with Crippen LogP contribution in [0, 0.1) is 16.0 Å². The van der Waals surface area contributed by atoms with E-state index in [2.05, 4.69) is 5.32 Å². The van der Waals surface area contributed by atoms with Crippen molar-refractivity contribution in [3.05, 3.63) is 34.4 Å². The first kappa shape index (κ1) is 15.2. The van der Waals surface area contributed by atoms with Crippen molar-refractivity contribution >= 4 is 17.4 Å². The lowest BCUT2D eigenvalue weighted by molar-refractivity contribution is -0.384. The van der Waals surface area contributed by atoms with Crippen molar-refractivity contribution < 1.29 is 9.72 Å². The maximum Gasteiger partial charge on any atom is 0.321 e. The number of urea groups is 1. The van der Waals surface area contributed by atoms with Crippen molar-refractivity contribution in [1.82, 2.24) is 4.90 Å². The number of hydrogen-bond donors (Lipinski definition) is 2. The maximum absolute atomic E-state index is 12.1. The Bertz CT molecular complexity index is 513. The predicted octanol–water partition coefficient (Wildman–Crippen LogP) is 2.19. The van der Waals surface area contributed by atoms with Gasteiger partial charge in [0.1, 0.15) is 0 Å². The van der Waals surface area contributed by atoms with Crippen LogP contribution in [0.25, 0.3) is 0 Å². The highest BCUT2D eigenvalue weighted by Gasteiger charge is 2.22. The molecule has 1 fully saturated rings. The average Bonchev–Trinajstić information content (AvgIpc) is 2.48. The fourth-order valence-electron chi connectivity index (χ4n) is 2.56. The van der Waals surface area contributed by atoms with E-state index in [9.17, 15) is 14.9 Å². The number of hydrogen-bond acceptors (Lipinski definition) is 4. The van der Waals surface area contributed by atoms with Crippen LogP contribution in [0.5, 0.6) is 0 Å². The van der Waals surface area contributed by atoms with E-state index in [0.29, 0.717) is 31.2 Å². The SMILES string of the molecule is NCCC1CCN(C(=O)Nc2cccc([N+](=O)[O-])c2)CC1. The number of nitrogens with two attached hydrogens (primary N) is 1. The highest BCUT2D eigenvalue weighted by Crippen LogP contribution is 2.21. The Labute approximate surface area is 123 Å². The van der Waals surface area contributed by atoms with E-state index in [0.717, 1.165) is 19.3 Å². The second kappa shape index (κ2) is 7.03. The summed E-state index contributed by atoms with van der Waals surface area (Å²) in [5, 5.41) is 13.4. The van der Waals surface area contributed by atoms with Crippen molar-refractivity contribution in [3.63, 3.8) is 0 Å². The number of piperidine rings is 1. The monoisotopic (exact) mass is 292 g/mol. The van der Waals surface area contributed by atoms with Gasteiger partial charge in [0.25, 0.3) is 5.69 Å². The Hall–Kier alpha value is -2.15. The van der Waals surface area contributed by atoms with Gasteiger partial charge in [0, 0.05) is 30.9 Å². The standard InChI is InChI=1S/C14H20N4O3/c15-7-4-11-5-8-17(9-6-11)14(19)16-12-2-1-3-13(10-12)18(20)21/h1-3,10-11H,4-9,15H2,(H,16,19). The zero-order chi connectivity index (χ0) is 15.2. The number of nitro benzene ring substituents is 1. The molecule has 1 heterocycles. The van der Waals surface area contributed by atoms with Crippen molar-refractivity contribution in [2.45, 2.75) is 19.3 Å². The van der Waals surface area contributed by atoms with Crippen LogP contribution >= 0.6 is 0 Å². The maximum atomic E-state index is 12.1. The summed E-state index contributed by atoms with van der Waals surface area (Å²) in [6, 6.07) is 5.75. The quantitative estimate of drug-likeness (QED) is 0.656. The summed E-state index contributed by atoms with van der Waals surface area (Å²) in [5.41, 5.74) is 5.96. The van der Waals surface area contributed by atoms with Crippen LogP contribution in [0.15, 0.2) is 24.3 Å². The molecule has 3 N–H and O–H groups in total. The van der Waals surface area contributed by atoms with Gasteiger partial charge in [-0.05, 0) is 37.8 Å². The van der Waals surface area contributed by atoms with Crippen LogP contribution in [0.1, 0.15) is 19.3 Å². The molecule has 7 heteroatoms. The minimum Gasteiger partial charge on any atom is -0.330 e. The fourth-order valence-corrected chi connectivity index (χ4v) is 2.56. The number of nitro groups is 1. The average molecular weight is 292 g/mol. The van der Waals surface area contributed by atoms with E-state index in [1.165, 1.54) is 12.1 Å². The summed E-state index contributed by atoms with van der Waals surface area (Å²) in [6.07, 6.45) is 2.92. The molecule has 1 saturated heterocycles. The fraction of sp³-hybridized carbons (Fsp3) is 0.500. The first-order valence-electron chi connectivity index (χ1n) is 7.10. The molecule has 114 valence electrons. The number of benzene rings is 1. The van der Waals surface area contributed by atoms with Crippen molar-refractivity contribution in [3.8, 4) is 0 Å². The van der Waals surface area contributed by atoms with Gasteiger partial charge in [0.15, 0.2) is 0 Å². The smallest absolute Gasteiger partial charge is 0.321 e. The van der Waals surface area contributed by atoms with E-state index in [-0.39, 0.29) is 11.7 Å². The van der Waals surface area contributed by atoms with Gasteiger partial charge in [-0.1, -0.05) is 6.07 Å². The predicted molar refractivity (Wildman–Crippen MR) is 80.1 cm³/mol. The van der Waals surface area contributed by atoms with Crippen molar-refractivity contribution in [2.24, 2.45) is 11.7 Å². The Morgan fingerprint density at radius 3 is 2.76 bits per heavy atom. The zero-order valence-corrected chi connectivity index (χ0v) is 11.8. The summed E-state index contributed by atoms with van der Waals surface area (Å²) < 4.78 is 0. The second-order valence-corrected chi connectivity index (χ2v) is 5.25. The minimum absolute atomic E-state index is 0.0329. The molecule has 0 aromatic heterocycles. The van der Waals surface area contributed by atoms with Gasteiger partial charge in [-0.15, -0.1) is 0 Å². The molecule has 0 radical (unpaired) electrons. The first-order valence-corrected chi connectivity index (χ1v) is 7.10. The first-order chi connectivity index (χ1) is 10.1. The van der Waals surface area contributed by atoms with Crippen LogP contribution in [-0.4, -0.2) is 35.5 Å². The lowest BCUT2D eigenvalue weighted by Gasteiger charge is -2.31. The highest BCUT2D eigenvalue weighted by atomic mass is 16.6. The van der Waals surface area contributed by atoms with E-state index in [4.69, 9.17) is 5.73 Å². The molecule has 0 bridgehead atoms. The Balaban J connectivity index is 1.90. The summed E-state index contributed by atoms with van der Waals surface area (Å²) >= 11 is 0. The molecule has 7 nitrogen and oxygen atoms in total. The summed E-state index contributed by atoms with van der Waals surface area (Å²) in [5.74, 6) is 0.594. The van der Waals surface area contributed by atoms with Gasteiger partial charge in [-0.25, -0.2) is 4.79 Å². The molecule has 1 aliphatic heterocycles. The molecule has 2 amide bonds. The van der Waals surface area contributed by atoms with Crippen LogP contribution in [-0.2, 0) is 0 Å². The molecule has 0 saturated carbocycles. The van der Waals surface area contributed by atoms with E-state index < -0.39 is 4.92 Å². The van der Waals surface area contributed by atoms with E-state index >= 15 is 0 Å². The number of rotatable bonds is 4. The van der Waals surface area contributed by atoms with Gasteiger partial charge in [0.05, 0.1) is 4.92 Å². The van der Waals surface area contributed by atoms with E-state index in [1.54, 1.807) is 17.0 Å². The Morgan fingerprint density at radius 1 is 1.43 bits per heavy atom. The van der Waals surface area contributed by atoms with Crippen LogP contribution in [0.4, 0.5) is 16.2 Å². The third-order valence-electron chi connectivity index (χ3n) is 3.78. The molecule has 2 rings (SSSR count). The molecular formula is C14H20N4O3. The summed E-state index contributed by atoms with van der Waals surface area (Å²) in [6.45, 7) is 2.08. The number of non-ortho nitro benzene ring substituents is 1. The molecule has 1 aromatic rings. The summed E-state index contributed by atoms with van der Waals surface area (Å²) in [7, 11) is 0. The topological polar surface area (TPSA) is 102 Å². The Kier molecular flexibility index (Phi) is 5.10. The number of carbonyl (C=O) groups is 1. The number of amides is 2. The van der Waals surface area contributed by atoms with Crippen LogP contribution in [0.2, 0.25) is 0 Å². The molecule has 1 aromatic carbocycles. The Morgan fingerprint density at radius 2 is 2.14 bits per heavy atom. The van der Waals surface area contributed by atoms with Crippen molar-refractivity contribution in [2.75, 3.05) is 25.0 Å². The number of likely N-dealkylation sites (tertiary alicyclic amines) is 1. The normalized spacial score (nSPS) is 15.8. The van der Waals surface area contributed by atoms with Gasteiger partial charge < -0.3 is 16.0 Å². The van der Waals surface area contributed by atoms with Crippen molar-refractivity contribution in [1.29, 1.82) is 0 Å². The number of nitrogens with one attached hydrogen (secondary N) is 1. The van der Waals surface area contributed by atoms with E-state index in [1.807, 2.05) is 0 Å². The second-order valence-electron chi connectivity index (χ2n) is 5.25. The molecular weight excluding hydrogens is 272 g/mol. The lowest BCUT2D eigenvalue weighted by atomic mass is 9.94. The minimum atomic E-state index is -0.478. The van der Waals surface area contributed by atoms with Gasteiger partial charge >= 0.3 is 6.03 Å². The van der Waals surface area contributed by atoms with Crippen LogP contribution < -0.4 is 11.1 Å². The molecule has 0 spiro atoms. The summed E-state index contributed by atoms with van der Waals surface area (Å²) in [4.78, 5) is 24.1. The third-order valence-corrected chi connectivity index (χ3v) is 3.78. The van der Waals surface area contributed by atoms with Gasteiger partial charge in [-0.3, -0.25) is 10.1 Å². The number of anilines is 1. The van der Waals surface area contributed by atoms with Gasteiger partial charge in [0.2, 0.25) is 0 Å². The molecule has 0 aliphatic carbocycles. The number of nitrogens with zero attached hydrogens (tertiary/aromatic N) is 2. The largest absolute Gasteiger partial charge is 0.330 e. The van der Waals surface area contributed by atoms with Gasteiger partial charge in [-0.2, -0.15) is 0 Å². The molecule has 1 aliphatic rings. The molecule has 0 atom stereocenters. The third kappa shape index (κ3) is 4.16. The zero-order valence-electron chi connectivity index (χ0n) is 11.8. The van der Waals surface area contributed by atoms with Crippen LogP contribution in [0.3, 0.4) is 0 Å². The number of carbonyl (C=O) groups excluding carboxylic acids is 1. The molecule has 0 unspecified atom stereocenters. The molecule has 21 heavy (non-hydrogen) atoms. The lowest BCUT2D eigenvalue weighted by Crippen LogP contribution is -2.41. The highest BCUT2D eigenvalue weighted by molar-refractivity contribution is 5.89.